The average Bonchev–Trinajstić information content (AvgIpc) is 3.32. The van der Waals surface area contributed by atoms with Crippen LogP contribution in [0.3, 0.4) is 0 Å². The third-order valence-electron chi connectivity index (χ3n) is 4.52. The van der Waals surface area contributed by atoms with Crippen LogP contribution in [0.15, 0.2) is 69.2 Å². The van der Waals surface area contributed by atoms with Crippen molar-refractivity contribution < 1.29 is 13.6 Å². The number of anilines is 1. The van der Waals surface area contributed by atoms with E-state index in [0.29, 0.717) is 34.5 Å². The fourth-order valence-corrected chi connectivity index (χ4v) is 4.21. The maximum Gasteiger partial charge on any atom is 0.234 e. The molecule has 4 aromatic rings. The summed E-state index contributed by atoms with van der Waals surface area (Å²) in [5.74, 6) is 0.709. The lowest BCUT2D eigenvalue weighted by Crippen LogP contribution is -2.15. The lowest BCUT2D eigenvalue weighted by Gasteiger charge is -2.09. The summed E-state index contributed by atoms with van der Waals surface area (Å²) in [5, 5.41) is 12.8. The number of aromatic nitrogens is 3. The van der Waals surface area contributed by atoms with Gasteiger partial charge in [0.1, 0.15) is 11.4 Å². The number of halogens is 2. The van der Waals surface area contributed by atoms with E-state index in [-0.39, 0.29) is 17.5 Å². The number of furan rings is 1. The zero-order valence-corrected chi connectivity index (χ0v) is 19.0. The van der Waals surface area contributed by atoms with Gasteiger partial charge in [0, 0.05) is 22.1 Å². The van der Waals surface area contributed by atoms with Crippen LogP contribution in [0.4, 0.5) is 10.1 Å². The number of benzene rings is 2. The van der Waals surface area contributed by atoms with E-state index in [1.165, 1.54) is 23.9 Å². The fraction of sp³-hybridized carbons (Fsp3) is 0.136. The molecule has 0 aliphatic carbocycles. The van der Waals surface area contributed by atoms with E-state index in [2.05, 4.69) is 38.0 Å². The Morgan fingerprint density at radius 1 is 1.29 bits per heavy atom. The van der Waals surface area contributed by atoms with E-state index < -0.39 is 0 Å². The Morgan fingerprint density at radius 2 is 2.13 bits per heavy atom. The predicted molar refractivity (Wildman–Crippen MR) is 124 cm³/mol. The maximum atomic E-state index is 13.2. The Labute approximate surface area is 190 Å². The molecule has 158 valence electrons. The molecule has 9 heteroatoms. The molecule has 2 heterocycles. The summed E-state index contributed by atoms with van der Waals surface area (Å²) in [7, 11) is 0. The van der Waals surface area contributed by atoms with E-state index in [1.54, 1.807) is 19.1 Å². The first-order chi connectivity index (χ1) is 14.9. The number of rotatable bonds is 7. The minimum Gasteiger partial charge on any atom is -0.453 e. The van der Waals surface area contributed by atoms with E-state index in [1.807, 2.05) is 28.8 Å². The van der Waals surface area contributed by atoms with Crippen molar-refractivity contribution >= 4 is 50.3 Å². The minimum absolute atomic E-state index is 0.124. The van der Waals surface area contributed by atoms with Crippen LogP contribution in [0.25, 0.3) is 22.6 Å². The molecule has 2 aromatic carbocycles. The van der Waals surface area contributed by atoms with Crippen LogP contribution in [0.1, 0.15) is 5.56 Å². The summed E-state index contributed by atoms with van der Waals surface area (Å²) in [5.41, 5.74) is 1.98. The number of hydrogen-bond acceptors (Lipinski definition) is 5. The van der Waals surface area contributed by atoms with E-state index in [0.717, 1.165) is 15.4 Å². The van der Waals surface area contributed by atoms with Gasteiger partial charge in [0.2, 0.25) is 11.7 Å². The zero-order valence-electron chi connectivity index (χ0n) is 16.6. The molecule has 4 rings (SSSR count). The number of nitrogens with one attached hydrogen (secondary N) is 1. The van der Waals surface area contributed by atoms with Gasteiger partial charge < -0.3 is 9.73 Å². The molecule has 0 spiro atoms. The van der Waals surface area contributed by atoms with Gasteiger partial charge in [0.25, 0.3) is 0 Å². The van der Waals surface area contributed by atoms with Crippen molar-refractivity contribution in [3.63, 3.8) is 0 Å². The molecule has 6 nitrogen and oxygen atoms in total. The van der Waals surface area contributed by atoms with Gasteiger partial charge in [-0.15, -0.1) is 16.8 Å². The monoisotopic (exact) mass is 500 g/mol. The summed E-state index contributed by atoms with van der Waals surface area (Å²) in [4.78, 5) is 12.4. The summed E-state index contributed by atoms with van der Waals surface area (Å²) < 4.78 is 22.0. The molecule has 0 saturated carbocycles. The van der Waals surface area contributed by atoms with Crippen LogP contribution < -0.4 is 5.32 Å². The zero-order chi connectivity index (χ0) is 22.0. The lowest BCUT2D eigenvalue weighted by molar-refractivity contribution is -0.113. The third kappa shape index (κ3) is 4.72. The number of allylic oxidation sites excluding steroid dienone is 1. The molecule has 0 saturated heterocycles. The number of fused-ring (bicyclic) bond motifs is 1. The first kappa shape index (κ1) is 21.3. The first-order valence-electron chi connectivity index (χ1n) is 9.37. The van der Waals surface area contributed by atoms with Crippen LogP contribution >= 0.6 is 27.7 Å². The molecular weight excluding hydrogens is 483 g/mol. The first-order valence-corrected chi connectivity index (χ1v) is 11.1. The minimum atomic E-state index is -0.340. The van der Waals surface area contributed by atoms with Crippen molar-refractivity contribution in [2.75, 3.05) is 11.1 Å². The van der Waals surface area contributed by atoms with Crippen LogP contribution in [0, 0.1) is 12.7 Å². The Morgan fingerprint density at radius 3 is 2.90 bits per heavy atom. The largest absolute Gasteiger partial charge is 0.453 e. The van der Waals surface area contributed by atoms with Gasteiger partial charge >= 0.3 is 0 Å². The molecular formula is C22H18BrFN4O2S. The molecule has 0 atom stereocenters. The number of hydrogen-bond donors (Lipinski definition) is 1. The van der Waals surface area contributed by atoms with Crippen LogP contribution in [0.5, 0.6) is 0 Å². The molecule has 0 aliphatic heterocycles. The second-order valence-corrected chi connectivity index (χ2v) is 8.65. The van der Waals surface area contributed by atoms with Crippen molar-refractivity contribution in [2.45, 2.75) is 18.6 Å². The number of aryl methyl sites for hydroxylation is 1. The molecule has 1 N–H and O–H groups in total. The van der Waals surface area contributed by atoms with Crippen molar-refractivity contribution in [3.8, 4) is 11.6 Å². The average molecular weight is 501 g/mol. The highest BCUT2D eigenvalue weighted by molar-refractivity contribution is 9.10. The summed E-state index contributed by atoms with van der Waals surface area (Å²) in [6, 6.07) is 11.9. The molecule has 0 fully saturated rings. The summed E-state index contributed by atoms with van der Waals surface area (Å²) >= 11 is 4.71. The highest BCUT2D eigenvalue weighted by Gasteiger charge is 2.18. The van der Waals surface area contributed by atoms with E-state index >= 15 is 0 Å². The second-order valence-electron chi connectivity index (χ2n) is 6.79. The van der Waals surface area contributed by atoms with Gasteiger partial charge in [-0.05, 0) is 55.0 Å². The number of carbonyl (C=O) groups is 1. The van der Waals surface area contributed by atoms with Crippen molar-refractivity contribution in [2.24, 2.45) is 0 Å². The van der Waals surface area contributed by atoms with Crippen molar-refractivity contribution in [3.05, 3.63) is 71.0 Å². The Hall–Kier alpha value is -2.91. The molecule has 31 heavy (non-hydrogen) atoms. The molecule has 0 aliphatic rings. The highest BCUT2D eigenvalue weighted by atomic mass is 79.9. The SMILES string of the molecule is C=CCn1c(SCC(=O)Nc2ccc(F)cc2C)nnc1-c1cc2cc(Br)ccc2o1. The molecule has 2 aromatic heterocycles. The van der Waals surface area contributed by atoms with Crippen LogP contribution in [-0.2, 0) is 11.3 Å². The van der Waals surface area contributed by atoms with Crippen LogP contribution in [0.2, 0.25) is 0 Å². The highest BCUT2D eigenvalue weighted by Crippen LogP contribution is 2.31. The van der Waals surface area contributed by atoms with Gasteiger partial charge in [0.15, 0.2) is 10.9 Å². The topological polar surface area (TPSA) is 73.0 Å². The Bertz CT molecular complexity index is 1280. The molecule has 0 bridgehead atoms. The third-order valence-corrected chi connectivity index (χ3v) is 5.98. The lowest BCUT2D eigenvalue weighted by atomic mass is 10.2. The maximum absolute atomic E-state index is 13.2. The standard InChI is InChI=1S/C22H18BrFN4O2S/c1-3-8-28-21(19-11-14-10-15(23)4-7-18(14)30-19)26-27-22(28)31-12-20(29)25-17-6-5-16(24)9-13(17)2/h3-7,9-11H,1,8,12H2,2H3,(H,25,29). The molecule has 0 unspecified atom stereocenters. The second kappa shape index (κ2) is 9.07. The number of nitrogens with zero attached hydrogens (tertiary/aromatic N) is 3. The van der Waals surface area contributed by atoms with Gasteiger partial charge in [-0.25, -0.2) is 4.39 Å². The van der Waals surface area contributed by atoms with Crippen molar-refractivity contribution in [1.82, 2.24) is 14.8 Å². The van der Waals surface area contributed by atoms with Gasteiger partial charge in [-0.2, -0.15) is 0 Å². The molecule has 0 radical (unpaired) electrons. The van der Waals surface area contributed by atoms with E-state index in [4.69, 9.17) is 4.42 Å². The Kier molecular flexibility index (Phi) is 6.24. The van der Waals surface area contributed by atoms with Gasteiger partial charge in [-0.1, -0.05) is 33.8 Å². The smallest absolute Gasteiger partial charge is 0.234 e. The van der Waals surface area contributed by atoms with E-state index in [9.17, 15) is 9.18 Å². The fourth-order valence-electron chi connectivity index (χ4n) is 3.08. The molecule has 1 amide bonds. The normalized spacial score (nSPS) is 11.1. The summed E-state index contributed by atoms with van der Waals surface area (Å²) in [6.07, 6.45) is 1.73. The number of thioether (sulfide) groups is 1. The number of amides is 1. The van der Waals surface area contributed by atoms with Crippen LogP contribution in [-0.4, -0.2) is 26.4 Å². The predicted octanol–water partition coefficient (Wildman–Crippen LogP) is 5.82. The van der Waals surface area contributed by atoms with Gasteiger partial charge in [-0.3, -0.25) is 9.36 Å². The Balaban J connectivity index is 1.52. The van der Waals surface area contributed by atoms with Crippen molar-refractivity contribution in [1.29, 1.82) is 0 Å². The summed E-state index contributed by atoms with van der Waals surface area (Å²) in [6.45, 7) is 6.00. The number of carbonyl (C=O) groups excluding carboxylic acids is 1. The quantitative estimate of drug-likeness (QED) is 0.255. The van der Waals surface area contributed by atoms with Gasteiger partial charge in [0.05, 0.1) is 5.75 Å².